The Kier molecular flexibility index (Phi) is 5.34. The molecule has 1 heterocycles. The Morgan fingerprint density at radius 3 is 2.48 bits per heavy atom. The number of carbonyl (C=O) groups excluding carboxylic acids is 3. The first-order chi connectivity index (χ1) is 14.1. The van der Waals surface area contributed by atoms with Crippen molar-refractivity contribution in [1.29, 1.82) is 0 Å². The van der Waals surface area contributed by atoms with Crippen molar-refractivity contribution in [3.63, 3.8) is 0 Å². The molecule has 1 aliphatic carbocycles. The maximum absolute atomic E-state index is 12.8. The Morgan fingerprint density at radius 1 is 1.03 bits per heavy atom. The number of esters is 1. The van der Waals surface area contributed by atoms with E-state index in [0.29, 0.717) is 37.4 Å². The SMILES string of the molecule is CCOC(=O)c1ccc(NC(=O)C2CC2C(=O)N2CCc3ccccc3C2)cc1. The zero-order valence-corrected chi connectivity index (χ0v) is 16.4. The number of hydrogen-bond acceptors (Lipinski definition) is 4. The molecule has 0 saturated heterocycles. The second-order valence-electron chi connectivity index (χ2n) is 7.51. The van der Waals surface area contributed by atoms with Crippen molar-refractivity contribution >= 4 is 23.5 Å². The number of benzene rings is 2. The number of nitrogens with one attached hydrogen (secondary N) is 1. The zero-order chi connectivity index (χ0) is 20.4. The van der Waals surface area contributed by atoms with Gasteiger partial charge in [0, 0.05) is 18.8 Å². The number of ether oxygens (including phenoxy) is 1. The molecule has 0 aromatic heterocycles. The van der Waals surface area contributed by atoms with E-state index in [-0.39, 0.29) is 29.6 Å². The van der Waals surface area contributed by atoms with Crippen molar-refractivity contribution in [2.24, 2.45) is 11.8 Å². The highest BCUT2D eigenvalue weighted by atomic mass is 16.5. The van der Waals surface area contributed by atoms with E-state index in [4.69, 9.17) is 4.74 Å². The van der Waals surface area contributed by atoms with Crippen molar-refractivity contribution in [3.05, 3.63) is 65.2 Å². The minimum absolute atomic E-state index is 0.0670. The van der Waals surface area contributed by atoms with Crippen LogP contribution in [0, 0.1) is 11.8 Å². The monoisotopic (exact) mass is 392 g/mol. The molecule has 0 bridgehead atoms. The Balaban J connectivity index is 1.31. The molecule has 1 fully saturated rings. The summed E-state index contributed by atoms with van der Waals surface area (Å²) < 4.78 is 4.95. The van der Waals surface area contributed by atoms with Gasteiger partial charge in [-0.3, -0.25) is 9.59 Å². The minimum Gasteiger partial charge on any atom is -0.462 e. The van der Waals surface area contributed by atoms with Crippen LogP contribution in [0.3, 0.4) is 0 Å². The third-order valence-corrected chi connectivity index (χ3v) is 5.55. The fourth-order valence-corrected chi connectivity index (χ4v) is 3.82. The largest absolute Gasteiger partial charge is 0.462 e. The second kappa shape index (κ2) is 8.07. The number of nitrogens with zero attached hydrogens (tertiary/aromatic N) is 1. The van der Waals surface area contributed by atoms with Gasteiger partial charge in [-0.05, 0) is 55.2 Å². The van der Waals surface area contributed by atoms with Crippen LogP contribution in [-0.2, 0) is 27.3 Å². The van der Waals surface area contributed by atoms with E-state index in [2.05, 4.69) is 17.4 Å². The van der Waals surface area contributed by atoms with Gasteiger partial charge in [-0.1, -0.05) is 24.3 Å². The smallest absolute Gasteiger partial charge is 0.338 e. The summed E-state index contributed by atoms with van der Waals surface area (Å²) in [4.78, 5) is 38.9. The first-order valence-electron chi connectivity index (χ1n) is 10.0. The number of amides is 2. The summed E-state index contributed by atoms with van der Waals surface area (Å²) in [6.07, 6.45) is 1.45. The molecule has 2 aromatic carbocycles. The van der Waals surface area contributed by atoms with Crippen molar-refractivity contribution in [3.8, 4) is 0 Å². The number of rotatable bonds is 5. The van der Waals surface area contributed by atoms with Crippen molar-refractivity contribution in [2.75, 3.05) is 18.5 Å². The molecular formula is C23H24N2O4. The van der Waals surface area contributed by atoms with E-state index in [1.807, 2.05) is 17.0 Å². The van der Waals surface area contributed by atoms with E-state index >= 15 is 0 Å². The summed E-state index contributed by atoms with van der Waals surface area (Å²) in [6, 6.07) is 14.8. The van der Waals surface area contributed by atoms with Crippen LogP contribution >= 0.6 is 0 Å². The summed E-state index contributed by atoms with van der Waals surface area (Å²) >= 11 is 0. The number of fused-ring (bicyclic) bond motifs is 1. The molecule has 2 atom stereocenters. The molecule has 1 saturated carbocycles. The third-order valence-electron chi connectivity index (χ3n) is 5.55. The lowest BCUT2D eigenvalue weighted by atomic mass is 9.99. The van der Waals surface area contributed by atoms with Crippen LogP contribution < -0.4 is 5.32 Å². The van der Waals surface area contributed by atoms with Gasteiger partial charge in [0.05, 0.1) is 24.0 Å². The van der Waals surface area contributed by atoms with Gasteiger partial charge in [0.2, 0.25) is 11.8 Å². The average Bonchev–Trinajstić information content (AvgIpc) is 3.54. The summed E-state index contributed by atoms with van der Waals surface area (Å²) in [5, 5.41) is 2.84. The van der Waals surface area contributed by atoms with E-state index in [1.165, 1.54) is 11.1 Å². The molecule has 6 heteroatoms. The van der Waals surface area contributed by atoms with Crippen LogP contribution in [0.15, 0.2) is 48.5 Å². The van der Waals surface area contributed by atoms with Crippen molar-refractivity contribution in [1.82, 2.24) is 4.90 Å². The highest BCUT2D eigenvalue weighted by Gasteiger charge is 2.49. The minimum atomic E-state index is -0.388. The first-order valence-corrected chi connectivity index (χ1v) is 10.0. The van der Waals surface area contributed by atoms with Crippen LogP contribution in [0.4, 0.5) is 5.69 Å². The fraction of sp³-hybridized carbons (Fsp3) is 0.348. The second-order valence-corrected chi connectivity index (χ2v) is 7.51. The summed E-state index contributed by atoms with van der Waals surface area (Å²) in [5.41, 5.74) is 3.53. The molecule has 0 spiro atoms. The van der Waals surface area contributed by atoms with Crippen LogP contribution in [0.25, 0.3) is 0 Å². The van der Waals surface area contributed by atoms with E-state index in [1.54, 1.807) is 31.2 Å². The average molecular weight is 392 g/mol. The van der Waals surface area contributed by atoms with Crippen LogP contribution in [-0.4, -0.2) is 35.8 Å². The molecular weight excluding hydrogens is 368 g/mol. The molecule has 2 aromatic rings. The lowest BCUT2D eigenvalue weighted by Crippen LogP contribution is -2.37. The summed E-state index contributed by atoms with van der Waals surface area (Å²) in [7, 11) is 0. The van der Waals surface area contributed by atoms with Gasteiger partial charge < -0.3 is 15.0 Å². The van der Waals surface area contributed by atoms with Gasteiger partial charge >= 0.3 is 5.97 Å². The fourth-order valence-electron chi connectivity index (χ4n) is 3.82. The molecule has 6 nitrogen and oxygen atoms in total. The Morgan fingerprint density at radius 2 is 1.76 bits per heavy atom. The topological polar surface area (TPSA) is 75.7 Å². The molecule has 1 N–H and O–H groups in total. The lowest BCUT2D eigenvalue weighted by molar-refractivity contribution is -0.135. The predicted molar refractivity (Wildman–Crippen MR) is 108 cm³/mol. The highest BCUT2D eigenvalue weighted by molar-refractivity contribution is 6.00. The molecule has 2 unspecified atom stereocenters. The van der Waals surface area contributed by atoms with Gasteiger partial charge in [0.25, 0.3) is 0 Å². The van der Waals surface area contributed by atoms with Gasteiger partial charge in [0.15, 0.2) is 0 Å². The number of hydrogen-bond donors (Lipinski definition) is 1. The summed E-state index contributed by atoms with van der Waals surface area (Å²) in [6.45, 7) is 3.39. The van der Waals surface area contributed by atoms with E-state index < -0.39 is 0 Å². The van der Waals surface area contributed by atoms with Gasteiger partial charge in [-0.25, -0.2) is 4.79 Å². The van der Waals surface area contributed by atoms with Crippen molar-refractivity contribution < 1.29 is 19.1 Å². The molecule has 1 aliphatic heterocycles. The van der Waals surface area contributed by atoms with E-state index in [0.717, 1.165) is 6.42 Å². The maximum Gasteiger partial charge on any atom is 0.338 e. The first kappa shape index (κ1) is 19.2. The maximum atomic E-state index is 12.8. The highest BCUT2D eigenvalue weighted by Crippen LogP contribution is 2.41. The molecule has 4 rings (SSSR count). The van der Waals surface area contributed by atoms with Crippen LogP contribution in [0.5, 0.6) is 0 Å². The normalized spacial score (nSPS) is 19.8. The number of carbonyl (C=O) groups is 3. The molecule has 2 aliphatic rings. The van der Waals surface area contributed by atoms with Gasteiger partial charge in [-0.15, -0.1) is 0 Å². The Labute approximate surface area is 169 Å². The molecule has 0 radical (unpaired) electrons. The van der Waals surface area contributed by atoms with Crippen LogP contribution in [0.1, 0.15) is 34.8 Å². The Bertz CT molecular complexity index is 938. The molecule has 150 valence electrons. The van der Waals surface area contributed by atoms with E-state index in [9.17, 15) is 14.4 Å². The standard InChI is InChI=1S/C23H24N2O4/c1-2-29-23(28)16-7-9-18(10-8-16)24-21(26)19-13-20(19)22(27)25-12-11-15-5-3-4-6-17(15)14-25/h3-10,19-20H,2,11-14H2,1H3,(H,24,26). The summed E-state index contributed by atoms with van der Waals surface area (Å²) in [5.74, 6) is -0.994. The number of anilines is 1. The lowest BCUT2D eigenvalue weighted by Gasteiger charge is -2.29. The van der Waals surface area contributed by atoms with Gasteiger partial charge in [-0.2, -0.15) is 0 Å². The zero-order valence-electron chi connectivity index (χ0n) is 16.4. The van der Waals surface area contributed by atoms with Crippen LogP contribution in [0.2, 0.25) is 0 Å². The quantitative estimate of drug-likeness (QED) is 0.794. The third kappa shape index (κ3) is 4.16. The van der Waals surface area contributed by atoms with Crippen molar-refractivity contribution in [2.45, 2.75) is 26.3 Å². The Hall–Kier alpha value is -3.15. The predicted octanol–water partition coefficient (Wildman–Crippen LogP) is 3.02. The molecule has 2 amide bonds. The molecule has 29 heavy (non-hydrogen) atoms. The van der Waals surface area contributed by atoms with Gasteiger partial charge in [0.1, 0.15) is 0 Å².